The highest BCUT2D eigenvalue weighted by molar-refractivity contribution is 9.10. The molecule has 0 radical (unpaired) electrons. The third kappa shape index (κ3) is 3.64. The van der Waals surface area contributed by atoms with Crippen molar-refractivity contribution in [2.75, 3.05) is 17.6 Å². The quantitative estimate of drug-likeness (QED) is 0.806. The third-order valence-electron chi connectivity index (χ3n) is 2.62. The number of benzene rings is 2. The molecule has 0 atom stereocenters. The number of hydrogen-bond donors (Lipinski definition) is 2. The lowest BCUT2D eigenvalue weighted by Gasteiger charge is -2.11. The van der Waals surface area contributed by atoms with Crippen LogP contribution < -0.4 is 15.2 Å². The van der Waals surface area contributed by atoms with E-state index < -0.39 is 15.8 Å². The van der Waals surface area contributed by atoms with Crippen molar-refractivity contribution in [3.8, 4) is 5.75 Å². The van der Waals surface area contributed by atoms with E-state index in [1.54, 1.807) is 12.1 Å². The van der Waals surface area contributed by atoms with Gasteiger partial charge < -0.3 is 10.5 Å². The Hall–Kier alpha value is -1.80. The van der Waals surface area contributed by atoms with Gasteiger partial charge in [-0.1, -0.05) is 15.9 Å². The number of halogens is 2. The summed E-state index contributed by atoms with van der Waals surface area (Å²) in [5, 5.41) is 0. The van der Waals surface area contributed by atoms with Crippen LogP contribution in [0.2, 0.25) is 0 Å². The van der Waals surface area contributed by atoms with Crippen molar-refractivity contribution in [3.05, 3.63) is 46.7 Å². The maximum atomic E-state index is 13.0. The molecule has 0 aliphatic carbocycles. The Bertz CT molecular complexity index is 781. The van der Waals surface area contributed by atoms with Gasteiger partial charge in [-0.25, -0.2) is 12.8 Å². The molecule has 0 unspecified atom stereocenters. The first-order valence-corrected chi connectivity index (χ1v) is 8.02. The summed E-state index contributed by atoms with van der Waals surface area (Å²) in [5.74, 6) is -0.121. The average molecular weight is 375 g/mol. The number of nitrogens with one attached hydrogen (secondary N) is 1. The molecule has 0 aliphatic heterocycles. The first-order chi connectivity index (χ1) is 9.81. The number of ether oxygens (including phenoxy) is 1. The van der Waals surface area contributed by atoms with Crippen LogP contribution in [0.15, 0.2) is 45.8 Å². The Kier molecular flexibility index (Phi) is 4.38. The van der Waals surface area contributed by atoms with Gasteiger partial charge in [0.15, 0.2) is 0 Å². The van der Waals surface area contributed by atoms with E-state index in [1.165, 1.54) is 13.2 Å². The van der Waals surface area contributed by atoms with E-state index >= 15 is 0 Å². The molecule has 5 nitrogen and oxygen atoms in total. The Labute approximate surface area is 130 Å². The third-order valence-corrected chi connectivity index (χ3v) is 4.53. The molecule has 0 heterocycles. The van der Waals surface area contributed by atoms with Crippen molar-refractivity contribution < 1.29 is 17.5 Å². The van der Waals surface area contributed by atoms with Crippen molar-refractivity contribution in [1.29, 1.82) is 0 Å². The fourth-order valence-electron chi connectivity index (χ4n) is 1.71. The number of hydrogen-bond acceptors (Lipinski definition) is 4. The van der Waals surface area contributed by atoms with Gasteiger partial charge in [-0.3, -0.25) is 4.72 Å². The number of rotatable bonds is 4. The van der Waals surface area contributed by atoms with Crippen LogP contribution in [-0.4, -0.2) is 15.5 Å². The number of methoxy groups -OCH3 is 1. The molecule has 0 amide bonds. The standard InChI is InChI=1S/C13H12BrFN2O3S/c1-20-11-5-8(14)4-10(7-11)17-21(18,19)13-3-2-9(15)6-12(13)16/h2-7,17H,16H2,1H3. The van der Waals surface area contributed by atoms with Crippen molar-refractivity contribution in [3.63, 3.8) is 0 Å². The molecular weight excluding hydrogens is 363 g/mol. The van der Waals surface area contributed by atoms with Crippen LogP contribution in [0.4, 0.5) is 15.8 Å². The van der Waals surface area contributed by atoms with E-state index in [9.17, 15) is 12.8 Å². The van der Waals surface area contributed by atoms with Crippen molar-refractivity contribution >= 4 is 37.3 Å². The SMILES string of the molecule is COc1cc(Br)cc(NS(=O)(=O)c2ccc(F)cc2N)c1. The fourth-order valence-corrected chi connectivity index (χ4v) is 3.34. The van der Waals surface area contributed by atoms with E-state index in [4.69, 9.17) is 10.5 Å². The molecule has 2 aromatic carbocycles. The molecule has 3 N–H and O–H groups in total. The second-order valence-corrected chi connectivity index (χ2v) is 6.73. The highest BCUT2D eigenvalue weighted by Gasteiger charge is 2.18. The molecule has 112 valence electrons. The van der Waals surface area contributed by atoms with Crippen LogP contribution in [-0.2, 0) is 10.0 Å². The smallest absolute Gasteiger partial charge is 0.263 e. The van der Waals surface area contributed by atoms with Crippen LogP contribution in [0, 0.1) is 5.82 Å². The second-order valence-electron chi connectivity index (χ2n) is 4.17. The molecule has 0 spiro atoms. The van der Waals surface area contributed by atoms with Crippen LogP contribution in [0.1, 0.15) is 0 Å². The minimum atomic E-state index is -3.92. The molecular formula is C13H12BrFN2O3S. The maximum Gasteiger partial charge on any atom is 0.263 e. The Morgan fingerprint density at radius 1 is 1.24 bits per heavy atom. The number of nitrogens with two attached hydrogens (primary N) is 1. The zero-order valence-corrected chi connectivity index (χ0v) is 13.3. The Morgan fingerprint density at radius 2 is 1.95 bits per heavy atom. The van der Waals surface area contributed by atoms with Crippen LogP contribution in [0.5, 0.6) is 5.75 Å². The second kappa shape index (κ2) is 5.90. The van der Waals surface area contributed by atoms with E-state index in [-0.39, 0.29) is 10.6 Å². The van der Waals surface area contributed by atoms with Crippen LogP contribution >= 0.6 is 15.9 Å². The van der Waals surface area contributed by atoms with E-state index in [1.807, 2.05) is 0 Å². The fraction of sp³-hybridized carbons (Fsp3) is 0.0769. The molecule has 8 heteroatoms. The highest BCUT2D eigenvalue weighted by Crippen LogP contribution is 2.27. The summed E-state index contributed by atoms with van der Waals surface area (Å²) >= 11 is 3.25. The minimum Gasteiger partial charge on any atom is -0.497 e. The van der Waals surface area contributed by atoms with E-state index in [0.717, 1.165) is 18.2 Å². The molecule has 0 aromatic heterocycles. The highest BCUT2D eigenvalue weighted by atomic mass is 79.9. The molecule has 21 heavy (non-hydrogen) atoms. The zero-order chi connectivity index (χ0) is 15.6. The van der Waals surface area contributed by atoms with Crippen molar-refractivity contribution in [2.24, 2.45) is 0 Å². The summed E-state index contributed by atoms with van der Waals surface area (Å²) in [6.45, 7) is 0. The molecule has 0 saturated heterocycles. The van der Waals surface area contributed by atoms with Gasteiger partial charge in [-0.05, 0) is 30.3 Å². The molecule has 2 rings (SSSR count). The molecule has 0 bridgehead atoms. The molecule has 0 saturated carbocycles. The summed E-state index contributed by atoms with van der Waals surface area (Å²) in [4.78, 5) is -0.192. The first kappa shape index (κ1) is 15.6. The Morgan fingerprint density at radius 3 is 2.57 bits per heavy atom. The zero-order valence-electron chi connectivity index (χ0n) is 10.9. The van der Waals surface area contributed by atoms with Gasteiger partial charge in [0.25, 0.3) is 10.0 Å². The summed E-state index contributed by atoms with van der Waals surface area (Å²) in [5.41, 5.74) is 5.69. The van der Waals surface area contributed by atoms with Gasteiger partial charge in [0, 0.05) is 10.5 Å². The monoisotopic (exact) mass is 374 g/mol. The lowest BCUT2D eigenvalue weighted by Crippen LogP contribution is -2.15. The van der Waals surface area contributed by atoms with Gasteiger partial charge in [0.2, 0.25) is 0 Å². The predicted octanol–water partition coefficient (Wildman–Crippen LogP) is 2.98. The number of nitrogen functional groups attached to an aromatic ring is 1. The van der Waals surface area contributed by atoms with Gasteiger partial charge in [-0.2, -0.15) is 0 Å². The van der Waals surface area contributed by atoms with Crippen molar-refractivity contribution in [1.82, 2.24) is 0 Å². The van der Waals surface area contributed by atoms with Gasteiger partial charge in [-0.15, -0.1) is 0 Å². The summed E-state index contributed by atoms with van der Waals surface area (Å²) in [6.07, 6.45) is 0. The van der Waals surface area contributed by atoms with Gasteiger partial charge in [0.05, 0.1) is 18.5 Å². The molecule has 0 aliphatic rings. The lowest BCUT2D eigenvalue weighted by atomic mass is 10.3. The molecule has 0 fully saturated rings. The lowest BCUT2D eigenvalue weighted by molar-refractivity contribution is 0.415. The topological polar surface area (TPSA) is 81.4 Å². The largest absolute Gasteiger partial charge is 0.497 e. The maximum absolute atomic E-state index is 13.0. The van der Waals surface area contributed by atoms with Crippen molar-refractivity contribution in [2.45, 2.75) is 4.90 Å². The van der Waals surface area contributed by atoms with E-state index in [0.29, 0.717) is 15.9 Å². The first-order valence-electron chi connectivity index (χ1n) is 5.74. The van der Waals surface area contributed by atoms with E-state index in [2.05, 4.69) is 20.7 Å². The predicted molar refractivity (Wildman–Crippen MR) is 82.3 cm³/mol. The number of anilines is 2. The van der Waals surface area contributed by atoms with Gasteiger partial charge >= 0.3 is 0 Å². The normalized spacial score (nSPS) is 11.2. The minimum absolute atomic E-state index is 0.163. The Balaban J connectivity index is 2.39. The van der Waals surface area contributed by atoms with Gasteiger partial charge in [0.1, 0.15) is 16.5 Å². The number of sulfonamides is 1. The summed E-state index contributed by atoms with van der Waals surface area (Å²) in [7, 11) is -2.45. The van der Waals surface area contributed by atoms with Crippen LogP contribution in [0.25, 0.3) is 0 Å². The summed E-state index contributed by atoms with van der Waals surface area (Å²) in [6, 6.07) is 7.87. The average Bonchev–Trinajstić information content (AvgIpc) is 2.36. The molecule has 2 aromatic rings. The van der Waals surface area contributed by atoms with Crippen LogP contribution in [0.3, 0.4) is 0 Å². The summed E-state index contributed by atoms with van der Waals surface area (Å²) < 4.78 is 45.6.